The van der Waals surface area contributed by atoms with Gasteiger partial charge in [-0.25, -0.2) is 4.98 Å². The number of benzene rings is 1. The van der Waals surface area contributed by atoms with Crippen LogP contribution >= 0.6 is 11.3 Å². The van der Waals surface area contributed by atoms with E-state index >= 15 is 0 Å². The summed E-state index contributed by atoms with van der Waals surface area (Å²) in [6.45, 7) is 2.72. The van der Waals surface area contributed by atoms with Crippen LogP contribution in [0.25, 0.3) is 0 Å². The van der Waals surface area contributed by atoms with Crippen molar-refractivity contribution in [1.82, 2.24) is 10.3 Å². The quantitative estimate of drug-likeness (QED) is 0.889. The van der Waals surface area contributed by atoms with Gasteiger partial charge in [0, 0.05) is 17.1 Å². The lowest BCUT2D eigenvalue weighted by Gasteiger charge is -2.11. The number of thiazole rings is 1. The molecule has 21 heavy (non-hydrogen) atoms. The van der Waals surface area contributed by atoms with Gasteiger partial charge in [-0.2, -0.15) is 0 Å². The fourth-order valence-electron chi connectivity index (χ4n) is 1.99. The summed E-state index contributed by atoms with van der Waals surface area (Å²) in [6, 6.07) is 7.22. The molecule has 1 heterocycles. The molecule has 3 rings (SSSR count). The zero-order chi connectivity index (χ0) is 14.7. The first kappa shape index (κ1) is 14.1. The van der Waals surface area contributed by atoms with E-state index in [2.05, 4.69) is 10.3 Å². The van der Waals surface area contributed by atoms with Gasteiger partial charge < -0.3 is 10.1 Å². The van der Waals surface area contributed by atoms with Crippen LogP contribution in [0.3, 0.4) is 0 Å². The average Bonchev–Trinajstić information content (AvgIpc) is 3.16. The molecule has 2 aromatic rings. The number of carbonyl (C=O) groups excluding carboxylic acids is 1. The number of aromatic nitrogens is 1. The maximum atomic E-state index is 12.2. The predicted octanol–water partition coefficient (Wildman–Crippen LogP) is 3.42. The van der Waals surface area contributed by atoms with Gasteiger partial charge in [-0.3, -0.25) is 4.79 Å². The summed E-state index contributed by atoms with van der Waals surface area (Å²) in [5, 5.41) is 5.76. The summed E-state index contributed by atoms with van der Waals surface area (Å²) >= 11 is 1.54. The molecule has 4 nitrogen and oxygen atoms in total. The number of hydrogen-bond acceptors (Lipinski definition) is 4. The summed E-state index contributed by atoms with van der Waals surface area (Å²) < 4.78 is 5.66. The fourth-order valence-corrected chi connectivity index (χ4v) is 2.64. The van der Waals surface area contributed by atoms with Gasteiger partial charge in [0.2, 0.25) is 0 Å². The number of amides is 1. The van der Waals surface area contributed by atoms with Crippen molar-refractivity contribution < 1.29 is 9.53 Å². The SMILES string of the molecule is C[C@H](NC(=O)c1ccc(OCC2CC2)cc1)c1nccs1. The van der Waals surface area contributed by atoms with Crippen molar-refractivity contribution in [2.45, 2.75) is 25.8 Å². The summed E-state index contributed by atoms with van der Waals surface area (Å²) in [5.41, 5.74) is 0.636. The van der Waals surface area contributed by atoms with Crippen molar-refractivity contribution >= 4 is 17.2 Å². The number of carbonyl (C=O) groups is 1. The third-order valence-corrected chi connectivity index (χ3v) is 4.43. The van der Waals surface area contributed by atoms with Crippen LogP contribution in [-0.2, 0) is 0 Å². The van der Waals surface area contributed by atoms with Gasteiger partial charge in [-0.15, -0.1) is 11.3 Å². The van der Waals surface area contributed by atoms with E-state index in [-0.39, 0.29) is 11.9 Å². The van der Waals surface area contributed by atoms with E-state index in [9.17, 15) is 4.79 Å². The monoisotopic (exact) mass is 302 g/mol. The smallest absolute Gasteiger partial charge is 0.251 e. The number of nitrogens with zero attached hydrogens (tertiary/aromatic N) is 1. The molecule has 0 bridgehead atoms. The Morgan fingerprint density at radius 1 is 1.43 bits per heavy atom. The van der Waals surface area contributed by atoms with Gasteiger partial charge >= 0.3 is 0 Å². The second kappa shape index (κ2) is 6.26. The van der Waals surface area contributed by atoms with E-state index in [1.165, 1.54) is 24.2 Å². The maximum Gasteiger partial charge on any atom is 0.251 e. The average molecular weight is 302 g/mol. The zero-order valence-electron chi connectivity index (χ0n) is 11.9. The molecular weight excluding hydrogens is 284 g/mol. The molecule has 0 saturated heterocycles. The molecule has 110 valence electrons. The Balaban J connectivity index is 1.56. The first-order valence-electron chi connectivity index (χ1n) is 7.15. The number of ether oxygens (including phenoxy) is 1. The largest absolute Gasteiger partial charge is 0.493 e. The van der Waals surface area contributed by atoms with Gasteiger partial charge in [0.15, 0.2) is 0 Å². The van der Waals surface area contributed by atoms with Gasteiger partial charge in [0.25, 0.3) is 5.91 Å². The molecule has 1 aliphatic rings. The summed E-state index contributed by atoms with van der Waals surface area (Å²) in [4.78, 5) is 16.4. The van der Waals surface area contributed by atoms with E-state index < -0.39 is 0 Å². The molecule has 0 aliphatic heterocycles. The van der Waals surface area contributed by atoms with E-state index in [0.29, 0.717) is 5.56 Å². The van der Waals surface area contributed by atoms with Crippen LogP contribution in [0.1, 0.15) is 41.2 Å². The number of nitrogens with one attached hydrogen (secondary N) is 1. The zero-order valence-corrected chi connectivity index (χ0v) is 12.7. The lowest BCUT2D eigenvalue weighted by atomic mass is 10.2. The lowest BCUT2D eigenvalue weighted by Crippen LogP contribution is -2.26. The Labute approximate surface area is 128 Å². The third kappa shape index (κ3) is 3.82. The highest BCUT2D eigenvalue weighted by Gasteiger charge is 2.21. The van der Waals surface area contributed by atoms with Crippen LogP contribution in [-0.4, -0.2) is 17.5 Å². The Bertz CT molecular complexity index is 591. The Kier molecular flexibility index (Phi) is 4.20. The molecule has 1 N–H and O–H groups in total. The van der Waals surface area contributed by atoms with Gasteiger partial charge in [0.1, 0.15) is 10.8 Å². The number of hydrogen-bond donors (Lipinski definition) is 1. The summed E-state index contributed by atoms with van der Waals surface area (Å²) in [6.07, 6.45) is 4.29. The Morgan fingerprint density at radius 2 is 2.19 bits per heavy atom. The highest BCUT2D eigenvalue weighted by molar-refractivity contribution is 7.09. The van der Waals surface area contributed by atoms with E-state index in [1.807, 2.05) is 24.4 Å². The van der Waals surface area contributed by atoms with Crippen molar-refractivity contribution in [2.75, 3.05) is 6.61 Å². The first-order valence-corrected chi connectivity index (χ1v) is 8.03. The van der Waals surface area contributed by atoms with Crippen LogP contribution in [0.4, 0.5) is 0 Å². The molecule has 5 heteroatoms. The van der Waals surface area contributed by atoms with Crippen molar-refractivity contribution in [3.05, 3.63) is 46.4 Å². The van der Waals surface area contributed by atoms with Crippen LogP contribution < -0.4 is 10.1 Å². The standard InChI is InChI=1S/C16H18N2O2S/c1-11(16-17-8-9-21-16)18-15(19)13-4-6-14(7-5-13)20-10-12-2-3-12/h4-9,11-12H,2-3,10H2,1H3,(H,18,19)/t11-/m0/s1. The predicted molar refractivity (Wildman–Crippen MR) is 82.7 cm³/mol. The van der Waals surface area contributed by atoms with E-state index in [4.69, 9.17) is 4.74 Å². The fraction of sp³-hybridized carbons (Fsp3) is 0.375. The minimum Gasteiger partial charge on any atom is -0.493 e. The van der Waals surface area contributed by atoms with Gasteiger partial charge in [-0.05, 0) is 49.9 Å². The van der Waals surface area contributed by atoms with Crippen molar-refractivity contribution in [3.8, 4) is 5.75 Å². The topological polar surface area (TPSA) is 51.2 Å². The van der Waals surface area contributed by atoms with Crippen LogP contribution in [0.15, 0.2) is 35.8 Å². The second-order valence-corrected chi connectivity index (χ2v) is 6.27. The molecule has 1 amide bonds. The molecule has 1 atom stereocenters. The lowest BCUT2D eigenvalue weighted by molar-refractivity contribution is 0.0940. The molecule has 1 aliphatic carbocycles. The number of rotatable bonds is 6. The first-order chi connectivity index (χ1) is 10.2. The third-order valence-electron chi connectivity index (χ3n) is 3.47. The van der Waals surface area contributed by atoms with Crippen molar-refractivity contribution in [2.24, 2.45) is 5.92 Å². The molecule has 1 aromatic heterocycles. The molecule has 0 radical (unpaired) electrons. The van der Waals surface area contributed by atoms with Crippen LogP contribution in [0, 0.1) is 5.92 Å². The van der Waals surface area contributed by atoms with Crippen molar-refractivity contribution in [3.63, 3.8) is 0 Å². The Hall–Kier alpha value is -1.88. The van der Waals surface area contributed by atoms with Gasteiger partial charge in [-0.1, -0.05) is 0 Å². The van der Waals surface area contributed by atoms with Crippen LogP contribution in [0.2, 0.25) is 0 Å². The Morgan fingerprint density at radius 3 is 2.81 bits per heavy atom. The molecular formula is C16H18N2O2S. The van der Waals surface area contributed by atoms with Gasteiger partial charge in [0.05, 0.1) is 12.6 Å². The highest BCUT2D eigenvalue weighted by atomic mass is 32.1. The molecule has 0 unspecified atom stereocenters. The van der Waals surface area contributed by atoms with Crippen molar-refractivity contribution in [1.29, 1.82) is 0 Å². The van der Waals surface area contributed by atoms with E-state index in [1.54, 1.807) is 18.3 Å². The summed E-state index contributed by atoms with van der Waals surface area (Å²) in [5.74, 6) is 1.46. The molecule has 1 fully saturated rings. The minimum absolute atomic E-state index is 0.0803. The maximum absolute atomic E-state index is 12.2. The van der Waals surface area contributed by atoms with E-state index in [0.717, 1.165) is 23.3 Å². The summed E-state index contributed by atoms with van der Waals surface area (Å²) in [7, 11) is 0. The molecule has 1 aromatic carbocycles. The molecule has 1 saturated carbocycles. The highest BCUT2D eigenvalue weighted by Crippen LogP contribution is 2.29. The minimum atomic E-state index is -0.0913. The second-order valence-electron chi connectivity index (χ2n) is 5.34. The van der Waals surface area contributed by atoms with Crippen LogP contribution in [0.5, 0.6) is 5.75 Å². The molecule has 0 spiro atoms. The normalized spacial score (nSPS) is 15.5.